The maximum atomic E-state index is 12.6. The zero-order valence-corrected chi connectivity index (χ0v) is 16.2. The summed E-state index contributed by atoms with van der Waals surface area (Å²) in [5.41, 5.74) is 1.45. The molecule has 2 rings (SSSR count). The topological polar surface area (TPSA) is 79.4 Å². The lowest BCUT2D eigenvalue weighted by Crippen LogP contribution is -2.32. The largest absolute Gasteiger partial charge is 0.341 e. The number of carbonyl (C=O) groups excluding carboxylic acids is 1. The number of benzene rings is 1. The van der Waals surface area contributed by atoms with Gasteiger partial charge in [-0.1, -0.05) is 13.0 Å². The SMILES string of the molecule is CCC(C)NS(=O)(=O)c1cccc(C(=O)N(C)CCc2ccncc2)c1. The fraction of sp³-hybridized carbons (Fsp3) is 0.368. The molecule has 140 valence electrons. The van der Waals surface area contributed by atoms with Gasteiger partial charge in [-0.3, -0.25) is 9.78 Å². The molecule has 26 heavy (non-hydrogen) atoms. The Morgan fingerprint density at radius 2 is 1.92 bits per heavy atom. The van der Waals surface area contributed by atoms with E-state index in [-0.39, 0.29) is 16.8 Å². The van der Waals surface area contributed by atoms with Gasteiger partial charge in [0, 0.05) is 37.6 Å². The van der Waals surface area contributed by atoms with E-state index in [1.54, 1.807) is 43.4 Å². The lowest BCUT2D eigenvalue weighted by Gasteiger charge is -2.18. The Bertz CT molecular complexity index is 838. The molecule has 0 saturated heterocycles. The van der Waals surface area contributed by atoms with E-state index >= 15 is 0 Å². The van der Waals surface area contributed by atoms with E-state index in [1.165, 1.54) is 12.1 Å². The van der Waals surface area contributed by atoms with Gasteiger partial charge in [0.15, 0.2) is 0 Å². The van der Waals surface area contributed by atoms with Gasteiger partial charge in [-0.2, -0.15) is 0 Å². The first-order chi connectivity index (χ1) is 12.3. The van der Waals surface area contributed by atoms with E-state index in [1.807, 2.05) is 19.1 Å². The summed E-state index contributed by atoms with van der Waals surface area (Å²) in [6.07, 6.45) is 4.83. The summed E-state index contributed by atoms with van der Waals surface area (Å²) in [5, 5.41) is 0. The second-order valence-corrected chi connectivity index (χ2v) is 8.00. The molecule has 7 heteroatoms. The molecule has 2 aromatic rings. The van der Waals surface area contributed by atoms with E-state index in [0.29, 0.717) is 24.9 Å². The van der Waals surface area contributed by atoms with Crippen molar-refractivity contribution in [1.82, 2.24) is 14.6 Å². The van der Waals surface area contributed by atoms with Crippen LogP contribution in [0.1, 0.15) is 36.2 Å². The summed E-state index contributed by atoms with van der Waals surface area (Å²) in [7, 11) is -1.93. The van der Waals surface area contributed by atoms with Crippen molar-refractivity contribution in [3.63, 3.8) is 0 Å². The molecule has 1 amide bonds. The molecule has 1 atom stereocenters. The van der Waals surface area contributed by atoms with Crippen LogP contribution in [0.2, 0.25) is 0 Å². The Kier molecular flexibility index (Phi) is 6.88. The third-order valence-electron chi connectivity index (χ3n) is 4.19. The molecular formula is C19H25N3O3S. The minimum atomic E-state index is -3.64. The number of nitrogens with zero attached hydrogens (tertiary/aromatic N) is 2. The van der Waals surface area contributed by atoms with Crippen LogP contribution in [0.3, 0.4) is 0 Å². The number of carbonyl (C=O) groups is 1. The average molecular weight is 375 g/mol. The highest BCUT2D eigenvalue weighted by atomic mass is 32.2. The fourth-order valence-electron chi connectivity index (χ4n) is 2.38. The molecule has 0 saturated carbocycles. The summed E-state index contributed by atoms with van der Waals surface area (Å²) >= 11 is 0. The maximum absolute atomic E-state index is 12.6. The van der Waals surface area contributed by atoms with E-state index in [0.717, 1.165) is 5.56 Å². The summed E-state index contributed by atoms with van der Waals surface area (Å²) in [6.45, 7) is 4.25. The molecule has 0 bridgehead atoms. The zero-order valence-electron chi connectivity index (χ0n) is 15.3. The van der Waals surface area contributed by atoms with Crippen molar-refractivity contribution < 1.29 is 13.2 Å². The van der Waals surface area contributed by atoms with Gasteiger partial charge >= 0.3 is 0 Å². The number of nitrogens with one attached hydrogen (secondary N) is 1. The molecule has 1 aromatic heterocycles. The van der Waals surface area contributed by atoms with E-state index in [9.17, 15) is 13.2 Å². The van der Waals surface area contributed by atoms with Crippen LogP contribution in [0.5, 0.6) is 0 Å². The summed E-state index contributed by atoms with van der Waals surface area (Å²) in [5.74, 6) is -0.209. The molecule has 0 fully saturated rings. The van der Waals surface area contributed by atoms with E-state index < -0.39 is 10.0 Å². The molecule has 0 aliphatic rings. The first-order valence-electron chi connectivity index (χ1n) is 8.60. The molecule has 1 heterocycles. The summed E-state index contributed by atoms with van der Waals surface area (Å²) in [6, 6.07) is 9.80. The lowest BCUT2D eigenvalue weighted by molar-refractivity contribution is 0.0796. The molecular weight excluding hydrogens is 350 g/mol. The predicted molar refractivity (Wildman–Crippen MR) is 101 cm³/mol. The van der Waals surface area contributed by atoms with Gasteiger partial charge in [0.2, 0.25) is 10.0 Å². The summed E-state index contributed by atoms with van der Waals surface area (Å²) in [4.78, 5) is 18.3. The predicted octanol–water partition coefficient (Wildman–Crippen LogP) is 2.47. The Hall–Kier alpha value is -2.25. The van der Waals surface area contributed by atoms with Crippen molar-refractivity contribution in [3.05, 3.63) is 59.9 Å². The quantitative estimate of drug-likeness (QED) is 0.769. The monoisotopic (exact) mass is 375 g/mol. The third kappa shape index (κ3) is 5.37. The smallest absolute Gasteiger partial charge is 0.253 e. The molecule has 6 nitrogen and oxygen atoms in total. The van der Waals surface area contributed by atoms with Gasteiger partial charge < -0.3 is 4.90 Å². The molecule has 0 aliphatic heterocycles. The van der Waals surface area contributed by atoms with Crippen molar-refractivity contribution in [2.45, 2.75) is 37.6 Å². The van der Waals surface area contributed by atoms with Crippen LogP contribution in [0.4, 0.5) is 0 Å². The third-order valence-corrected chi connectivity index (χ3v) is 5.78. The van der Waals surface area contributed by atoms with Crippen LogP contribution in [0, 0.1) is 0 Å². The van der Waals surface area contributed by atoms with Gasteiger partial charge in [-0.15, -0.1) is 0 Å². The van der Waals surface area contributed by atoms with Gasteiger partial charge in [0.05, 0.1) is 4.90 Å². The van der Waals surface area contributed by atoms with Crippen LogP contribution in [0.25, 0.3) is 0 Å². The van der Waals surface area contributed by atoms with Crippen LogP contribution in [-0.4, -0.2) is 43.8 Å². The average Bonchev–Trinajstić information content (AvgIpc) is 2.66. The van der Waals surface area contributed by atoms with Crippen molar-refractivity contribution in [3.8, 4) is 0 Å². The lowest BCUT2D eigenvalue weighted by atomic mass is 10.1. The second-order valence-electron chi connectivity index (χ2n) is 6.29. The number of rotatable bonds is 8. The molecule has 0 radical (unpaired) electrons. The highest BCUT2D eigenvalue weighted by molar-refractivity contribution is 7.89. The van der Waals surface area contributed by atoms with Crippen LogP contribution < -0.4 is 4.72 Å². The molecule has 1 aromatic carbocycles. The first kappa shape index (κ1) is 20.1. The first-order valence-corrected chi connectivity index (χ1v) is 10.1. The number of sulfonamides is 1. The van der Waals surface area contributed by atoms with Crippen molar-refractivity contribution in [1.29, 1.82) is 0 Å². The van der Waals surface area contributed by atoms with E-state index in [2.05, 4.69) is 9.71 Å². The van der Waals surface area contributed by atoms with E-state index in [4.69, 9.17) is 0 Å². The number of hydrogen-bond donors (Lipinski definition) is 1. The van der Waals surface area contributed by atoms with Crippen molar-refractivity contribution in [2.75, 3.05) is 13.6 Å². The van der Waals surface area contributed by atoms with Crippen molar-refractivity contribution in [2.24, 2.45) is 0 Å². The number of hydrogen-bond acceptors (Lipinski definition) is 4. The molecule has 0 aliphatic carbocycles. The fourth-order valence-corrected chi connectivity index (χ4v) is 3.75. The zero-order chi connectivity index (χ0) is 19.2. The summed E-state index contributed by atoms with van der Waals surface area (Å²) < 4.78 is 27.4. The minimum absolute atomic E-state index is 0.103. The highest BCUT2D eigenvalue weighted by Crippen LogP contribution is 2.14. The van der Waals surface area contributed by atoms with Crippen molar-refractivity contribution >= 4 is 15.9 Å². The number of amides is 1. The van der Waals surface area contributed by atoms with Crippen LogP contribution in [-0.2, 0) is 16.4 Å². The number of likely N-dealkylation sites (N-methyl/N-ethyl adjacent to an activating group) is 1. The molecule has 1 unspecified atom stereocenters. The van der Waals surface area contributed by atoms with Gasteiger partial charge in [-0.25, -0.2) is 13.1 Å². The highest BCUT2D eigenvalue weighted by Gasteiger charge is 2.19. The second kappa shape index (κ2) is 8.91. The Balaban J connectivity index is 2.09. The minimum Gasteiger partial charge on any atom is -0.341 e. The number of pyridine rings is 1. The number of aromatic nitrogens is 1. The Labute approximate surface area is 155 Å². The van der Waals surface area contributed by atoms with Crippen LogP contribution >= 0.6 is 0 Å². The van der Waals surface area contributed by atoms with Gasteiger partial charge in [0.1, 0.15) is 0 Å². The Morgan fingerprint density at radius 1 is 1.23 bits per heavy atom. The normalized spacial score (nSPS) is 12.6. The van der Waals surface area contributed by atoms with Gasteiger partial charge in [-0.05, 0) is 55.7 Å². The maximum Gasteiger partial charge on any atom is 0.253 e. The van der Waals surface area contributed by atoms with Crippen LogP contribution in [0.15, 0.2) is 53.7 Å². The Morgan fingerprint density at radius 3 is 2.58 bits per heavy atom. The molecule has 1 N–H and O–H groups in total. The molecule has 0 spiro atoms. The standard InChI is InChI=1S/C19H25N3O3S/c1-4-15(2)21-26(24,25)18-7-5-6-17(14-18)19(23)22(3)13-10-16-8-11-20-12-9-16/h5-9,11-12,14-15,21H,4,10,13H2,1-3H3. The van der Waals surface area contributed by atoms with Gasteiger partial charge in [0.25, 0.3) is 5.91 Å².